The third-order valence-corrected chi connectivity index (χ3v) is 3.11. The molecule has 0 saturated heterocycles. The van der Waals surface area contributed by atoms with Crippen LogP contribution in [0.5, 0.6) is 0 Å². The van der Waals surface area contributed by atoms with Crippen LogP contribution in [0, 0.1) is 0 Å². The fourth-order valence-corrected chi connectivity index (χ4v) is 2.10. The van der Waals surface area contributed by atoms with Gasteiger partial charge in [0.1, 0.15) is 0 Å². The Hall–Kier alpha value is -1.34. The highest BCUT2D eigenvalue weighted by molar-refractivity contribution is 6.99. The highest BCUT2D eigenvalue weighted by Crippen LogP contribution is 2.32. The van der Waals surface area contributed by atoms with Crippen molar-refractivity contribution in [3.05, 3.63) is 40.5 Å². The molecule has 2 aromatic rings. The Kier molecular flexibility index (Phi) is 3.72. The predicted molar refractivity (Wildman–Crippen MR) is 63.7 cm³/mol. The Bertz CT molecular complexity index is 541. The first-order valence-corrected chi connectivity index (χ1v) is 5.96. The molecule has 0 unspecified atom stereocenters. The lowest BCUT2D eigenvalue weighted by atomic mass is 10.1. The van der Waals surface area contributed by atoms with Crippen molar-refractivity contribution in [3.63, 3.8) is 0 Å². The van der Waals surface area contributed by atoms with Gasteiger partial charge in [-0.05, 0) is 11.6 Å². The summed E-state index contributed by atoms with van der Waals surface area (Å²) in [6, 6.07) is 5.35. The van der Waals surface area contributed by atoms with E-state index < -0.39 is 11.7 Å². The number of nitrogens with one attached hydrogen (secondary N) is 1. The monoisotopic (exact) mass is 293 g/mol. The van der Waals surface area contributed by atoms with E-state index in [-0.39, 0.29) is 17.3 Å². The number of nitrogens with zero attached hydrogens (tertiary/aromatic N) is 2. The minimum absolute atomic E-state index is 0.0131. The molecule has 0 aliphatic heterocycles. The summed E-state index contributed by atoms with van der Waals surface area (Å²) in [6.07, 6.45) is -4.37. The molecular weight excluding hydrogens is 287 g/mol. The van der Waals surface area contributed by atoms with Crippen molar-refractivity contribution in [2.45, 2.75) is 12.7 Å². The lowest BCUT2D eigenvalue weighted by molar-refractivity contribution is -0.138. The number of alkyl halides is 3. The highest BCUT2D eigenvalue weighted by Gasteiger charge is 2.32. The zero-order chi connectivity index (χ0) is 13.2. The van der Waals surface area contributed by atoms with Crippen LogP contribution in [0.1, 0.15) is 11.1 Å². The zero-order valence-corrected chi connectivity index (χ0v) is 10.4. The smallest absolute Gasteiger partial charge is 0.363 e. The average Bonchev–Trinajstić information content (AvgIpc) is 2.71. The molecule has 2 rings (SSSR count). The number of rotatable bonds is 3. The van der Waals surface area contributed by atoms with Crippen molar-refractivity contribution in [2.24, 2.45) is 0 Å². The van der Waals surface area contributed by atoms with Crippen LogP contribution in [-0.2, 0) is 12.7 Å². The number of halogens is 4. The maximum absolute atomic E-state index is 12.7. The molecule has 8 heteroatoms. The van der Waals surface area contributed by atoms with Crippen LogP contribution in [-0.4, -0.2) is 8.75 Å². The Balaban J connectivity index is 2.17. The summed E-state index contributed by atoms with van der Waals surface area (Å²) in [5, 5.41) is 2.88. The van der Waals surface area contributed by atoms with Gasteiger partial charge in [0, 0.05) is 6.54 Å². The predicted octanol–water partition coefficient (Wildman–Crippen LogP) is 3.82. The summed E-state index contributed by atoms with van der Waals surface area (Å²) in [7, 11) is 0. The Morgan fingerprint density at radius 3 is 2.56 bits per heavy atom. The van der Waals surface area contributed by atoms with Gasteiger partial charge >= 0.3 is 6.18 Å². The van der Waals surface area contributed by atoms with Gasteiger partial charge in [0.2, 0.25) is 0 Å². The largest absolute Gasteiger partial charge is 0.416 e. The molecule has 3 nitrogen and oxygen atoms in total. The molecule has 0 saturated carbocycles. The van der Waals surface area contributed by atoms with Crippen LogP contribution < -0.4 is 5.32 Å². The van der Waals surface area contributed by atoms with Gasteiger partial charge in [-0.15, -0.1) is 0 Å². The number of benzene rings is 1. The summed E-state index contributed by atoms with van der Waals surface area (Å²) in [5.74, 6) is 0.290. The van der Waals surface area contributed by atoms with Gasteiger partial charge < -0.3 is 5.32 Å². The first-order valence-electron chi connectivity index (χ1n) is 4.85. The molecule has 0 atom stereocenters. The van der Waals surface area contributed by atoms with Gasteiger partial charge in [-0.3, -0.25) is 0 Å². The van der Waals surface area contributed by atoms with E-state index in [0.29, 0.717) is 5.82 Å². The van der Waals surface area contributed by atoms with E-state index in [1.807, 2.05) is 0 Å². The van der Waals surface area contributed by atoms with E-state index in [1.165, 1.54) is 12.1 Å². The molecule has 0 spiro atoms. The molecule has 18 heavy (non-hydrogen) atoms. The first kappa shape index (κ1) is 13.1. The van der Waals surface area contributed by atoms with Gasteiger partial charge in [-0.2, -0.15) is 21.9 Å². The Labute approximate surface area is 110 Å². The lowest BCUT2D eigenvalue weighted by Crippen LogP contribution is -2.11. The van der Waals surface area contributed by atoms with Crippen LogP contribution in [0.3, 0.4) is 0 Å². The zero-order valence-electron chi connectivity index (χ0n) is 8.83. The molecule has 1 aromatic heterocycles. The second kappa shape index (κ2) is 5.11. The van der Waals surface area contributed by atoms with E-state index in [1.54, 1.807) is 6.07 Å². The molecular formula is C10H7ClF3N3S. The van der Waals surface area contributed by atoms with Crippen LogP contribution in [0.4, 0.5) is 19.0 Å². The van der Waals surface area contributed by atoms with Gasteiger partial charge in [0.05, 0.1) is 17.3 Å². The lowest BCUT2D eigenvalue weighted by Gasteiger charge is -2.12. The quantitative estimate of drug-likeness (QED) is 0.935. The maximum Gasteiger partial charge on any atom is 0.416 e. The number of anilines is 1. The molecule has 0 bridgehead atoms. The molecule has 1 N–H and O–H groups in total. The summed E-state index contributed by atoms with van der Waals surface area (Å²) in [6.45, 7) is -0.0131. The molecule has 0 aliphatic rings. The van der Waals surface area contributed by atoms with Gasteiger partial charge in [-0.1, -0.05) is 29.8 Å². The fraction of sp³-hybridized carbons (Fsp3) is 0.200. The number of aromatic nitrogens is 2. The molecule has 1 aromatic carbocycles. The van der Waals surface area contributed by atoms with Gasteiger partial charge in [-0.25, -0.2) is 0 Å². The van der Waals surface area contributed by atoms with Crippen molar-refractivity contribution in [3.8, 4) is 0 Å². The standard InChI is InChI=1S/C10H7ClF3N3S/c11-8-9(17-18-16-8)15-5-6-3-1-2-4-7(6)10(12,13)14/h1-4H,5H2,(H,15,17). The first-order chi connectivity index (χ1) is 8.48. The van der Waals surface area contributed by atoms with Crippen LogP contribution in [0.25, 0.3) is 0 Å². The summed E-state index contributed by atoms with van der Waals surface area (Å²) >= 11 is 6.58. The molecule has 0 aliphatic carbocycles. The summed E-state index contributed by atoms with van der Waals surface area (Å²) in [5.41, 5.74) is -0.536. The van der Waals surface area contributed by atoms with Crippen molar-refractivity contribution in [1.82, 2.24) is 8.75 Å². The third-order valence-electron chi connectivity index (χ3n) is 2.22. The molecule has 0 amide bonds. The SMILES string of the molecule is FC(F)(F)c1ccccc1CNc1nsnc1Cl. The molecule has 0 fully saturated rings. The van der Waals surface area contributed by atoms with E-state index in [0.717, 1.165) is 17.8 Å². The fourth-order valence-electron chi connectivity index (χ4n) is 1.41. The Morgan fingerprint density at radius 2 is 1.94 bits per heavy atom. The van der Waals surface area contributed by atoms with Crippen molar-refractivity contribution >= 4 is 29.1 Å². The molecule has 1 heterocycles. The van der Waals surface area contributed by atoms with Crippen LogP contribution in [0.2, 0.25) is 5.15 Å². The topological polar surface area (TPSA) is 37.8 Å². The minimum Gasteiger partial charge on any atom is -0.363 e. The number of hydrogen-bond donors (Lipinski definition) is 1. The third kappa shape index (κ3) is 2.91. The van der Waals surface area contributed by atoms with Gasteiger partial charge in [0.15, 0.2) is 11.0 Å². The van der Waals surface area contributed by atoms with E-state index in [9.17, 15) is 13.2 Å². The molecule has 96 valence electrons. The second-order valence-electron chi connectivity index (χ2n) is 3.41. The highest BCUT2D eigenvalue weighted by atomic mass is 35.5. The molecule has 0 radical (unpaired) electrons. The second-order valence-corrected chi connectivity index (χ2v) is 4.30. The maximum atomic E-state index is 12.7. The average molecular weight is 294 g/mol. The summed E-state index contributed by atoms with van der Waals surface area (Å²) in [4.78, 5) is 0. The van der Waals surface area contributed by atoms with Crippen molar-refractivity contribution < 1.29 is 13.2 Å². The van der Waals surface area contributed by atoms with Crippen molar-refractivity contribution in [2.75, 3.05) is 5.32 Å². The van der Waals surface area contributed by atoms with E-state index in [2.05, 4.69) is 14.1 Å². The van der Waals surface area contributed by atoms with E-state index in [4.69, 9.17) is 11.6 Å². The van der Waals surface area contributed by atoms with Crippen LogP contribution in [0.15, 0.2) is 24.3 Å². The van der Waals surface area contributed by atoms with Gasteiger partial charge in [0.25, 0.3) is 0 Å². The number of hydrogen-bond acceptors (Lipinski definition) is 4. The van der Waals surface area contributed by atoms with Crippen LogP contribution >= 0.6 is 23.3 Å². The Morgan fingerprint density at radius 1 is 1.22 bits per heavy atom. The van der Waals surface area contributed by atoms with E-state index >= 15 is 0 Å². The van der Waals surface area contributed by atoms with Crippen molar-refractivity contribution in [1.29, 1.82) is 0 Å². The normalized spacial score (nSPS) is 11.6. The minimum atomic E-state index is -4.37. The summed E-state index contributed by atoms with van der Waals surface area (Å²) < 4.78 is 45.7.